The van der Waals surface area contributed by atoms with Crippen LogP contribution in [0, 0.1) is 5.41 Å². The summed E-state index contributed by atoms with van der Waals surface area (Å²) in [4.78, 5) is 15.3. The second-order valence-corrected chi connectivity index (χ2v) is 7.79. The molecule has 0 radical (unpaired) electrons. The maximum absolute atomic E-state index is 12.3. The molecule has 2 amide bonds. The maximum Gasteiger partial charge on any atom is 0.317 e. The van der Waals surface area contributed by atoms with Gasteiger partial charge in [-0.1, -0.05) is 32.0 Å². The zero-order chi connectivity index (χ0) is 15.7. The van der Waals surface area contributed by atoms with E-state index in [1.165, 1.54) is 10.1 Å². The average Bonchev–Trinajstić information content (AvgIpc) is 2.90. The quantitative estimate of drug-likeness (QED) is 0.893. The molecule has 0 aliphatic carbocycles. The van der Waals surface area contributed by atoms with Gasteiger partial charge < -0.3 is 15.3 Å². The van der Waals surface area contributed by atoms with Crippen LogP contribution in [0.25, 0.3) is 10.1 Å². The number of thiophene rings is 1. The Morgan fingerprint density at radius 2 is 2.23 bits per heavy atom. The smallest absolute Gasteiger partial charge is 0.317 e. The van der Waals surface area contributed by atoms with Gasteiger partial charge in [-0.3, -0.25) is 0 Å². The van der Waals surface area contributed by atoms with Crippen molar-refractivity contribution >= 4 is 27.5 Å². The molecule has 4 nitrogen and oxygen atoms in total. The highest BCUT2D eigenvalue weighted by molar-refractivity contribution is 7.19. The molecule has 22 heavy (non-hydrogen) atoms. The summed E-state index contributed by atoms with van der Waals surface area (Å²) >= 11 is 1.71. The summed E-state index contributed by atoms with van der Waals surface area (Å²) in [5, 5.41) is 14.2. The lowest BCUT2D eigenvalue weighted by Gasteiger charge is -2.41. The highest BCUT2D eigenvalue weighted by Gasteiger charge is 2.36. The van der Waals surface area contributed by atoms with Gasteiger partial charge in [0.25, 0.3) is 0 Å². The van der Waals surface area contributed by atoms with Crippen molar-refractivity contribution in [2.75, 3.05) is 13.1 Å². The average molecular weight is 318 g/mol. The number of nitrogens with zero attached hydrogens (tertiary/aromatic N) is 1. The molecule has 5 heteroatoms. The van der Waals surface area contributed by atoms with E-state index in [1.54, 1.807) is 16.2 Å². The van der Waals surface area contributed by atoms with Crippen molar-refractivity contribution < 1.29 is 9.90 Å². The van der Waals surface area contributed by atoms with E-state index in [2.05, 4.69) is 23.5 Å². The van der Waals surface area contributed by atoms with E-state index < -0.39 is 0 Å². The fourth-order valence-corrected chi connectivity index (χ4v) is 3.92. The number of carbonyl (C=O) groups is 1. The molecule has 0 spiro atoms. The Kier molecular flexibility index (Phi) is 4.10. The van der Waals surface area contributed by atoms with Crippen LogP contribution in [-0.2, 0) is 6.54 Å². The van der Waals surface area contributed by atoms with Gasteiger partial charge >= 0.3 is 6.03 Å². The number of nitrogens with one attached hydrogen (secondary N) is 1. The zero-order valence-corrected chi connectivity index (χ0v) is 13.8. The van der Waals surface area contributed by atoms with Gasteiger partial charge in [-0.2, -0.15) is 0 Å². The van der Waals surface area contributed by atoms with Crippen LogP contribution >= 0.6 is 11.3 Å². The van der Waals surface area contributed by atoms with E-state index in [0.717, 1.165) is 4.88 Å². The SMILES string of the molecule is CC1(C)CN(C(=O)NCc2cc3ccccc3s2)CCC1O. The number of piperidine rings is 1. The summed E-state index contributed by atoms with van der Waals surface area (Å²) in [5.74, 6) is 0. The molecule has 1 atom stereocenters. The number of aliphatic hydroxyl groups is 1. The molecule has 1 unspecified atom stereocenters. The molecule has 2 heterocycles. The van der Waals surface area contributed by atoms with Gasteiger partial charge in [0.2, 0.25) is 0 Å². The summed E-state index contributed by atoms with van der Waals surface area (Å²) in [7, 11) is 0. The normalized spacial score (nSPS) is 21.0. The molecule has 3 rings (SSSR count). The number of likely N-dealkylation sites (tertiary alicyclic amines) is 1. The van der Waals surface area contributed by atoms with Gasteiger partial charge in [0.05, 0.1) is 12.6 Å². The standard InChI is InChI=1S/C17H22N2O2S/c1-17(2)11-19(8-7-15(17)20)16(21)18-10-13-9-12-5-3-4-6-14(12)22-13/h3-6,9,15,20H,7-8,10-11H2,1-2H3,(H,18,21). The molecule has 1 saturated heterocycles. The number of carbonyl (C=O) groups excluding carboxylic acids is 1. The van der Waals surface area contributed by atoms with Crippen LogP contribution in [-0.4, -0.2) is 35.2 Å². The Labute approximate surface area is 134 Å². The monoisotopic (exact) mass is 318 g/mol. The van der Waals surface area contributed by atoms with Crippen molar-refractivity contribution in [1.29, 1.82) is 0 Å². The molecule has 0 bridgehead atoms. The summed E-state index contributed by atoms with van der Waals surface area (Å²) in [5.41, 5.74) is -0.243. The molecular weight excluding hydrogens is 296 g/mol. The van der Waals surface area contributed by atoms with Crippen molar-refractivity contribution in [2.45, 2.75) is 32.9 Å². The predicted octanol–water partition coefficient (Wildman–Crippen LogP) is 3.20. The molecule has 1 aliphatic rings. The van der Waals surface area contributed by atoms with Crippen LogP contribution in [0.15, 0.2) is 30.3 Å². The number of urea groups is 1. The van der Waals surface area contributed by atoms with Crippen molar-refractivity contribution in [2.24, 2.45) is 5.41 Å². The molecule has 2 N–H and O–H groups in total. The van der Waals surface area contributed by atoms with Crippen LogP contribution in [0.2, 0.25) is 0 Å². The molecule has 1 fully saturated rings. The van der Waals surface area contributed by atoms with Gasteiger partial charge in [-0.25, -0.2) is 4.79 Å². The molecule has 1 aliphatic heterocycles. The number of aliphatic hydroxyl groups excluding tert-OH is 1. The Morgan fingerprint density at radius 3 is 2.95 bits per heavy atom. The van der Waals surface area contributed by atoms with E-state index in [-0.39, 0.29) is 17.6 Å². The first-order valence-corrected chi connectivity index (χ1v) is 8.46. The topological polar surface area (TPSA) is 52.6 Å². The number of fused-ring (bicyclic) bond motifs is 1. The lowest BCUT2D eigenvalue weighted by Crippen LogP contribution is -2.53. The third-order valence-electron chi connectivity index (χ3n) is 4.35. The largest absolute Gasteiger partial charge is 0.392 e. The van der Waals surface area contributed by atoms with Crippen molar-refractivity contribution in [3.8, 4) is 0 Å². The molecule has 2 aromatic rings. The fraction of sp³-hybridized carbons (Fsp3) is 0.471. The van der Waals surface area contributed by atoms with E-state index in [0.29, 0.717) is 26.1 Å². The minimum atomic E-state index is -0.334. The van der Waals surface area contributed by atoms with E-state index in [9.17, 15) is 9.90 Å². The van der Waals surface area contributed by atoms with Gasteiger partial charge in [-0.05, 0) is 23.9 Å². The third-order valence-corrected chi connectivity index (χ3v) is 5.47. The lowest BCUT2D eigenvalue weighted by atomic mass is 9.81. The third kappa shape index (κ3) is 3.10. The van der Waals surface area contributed by atoms with Crippen molar-refractivity contribution in [3.05, 3.63) is 35.2 Å². The summed E-state index contributed by atoms with van der Waals surface area (Å²) < 4.78 is 1.24. The first kappa shape index (κ1) is 15.3. The Balaban J connectivity index is 1.60. The second kappa shape index (κ2) is 5.89. The number of amides is 2. The maximum atomic E-state index is 12.3. The summed E-state index contributed by atoms with van der Waals surface area (Å²) in [6.45, 7) is 5.76. The first-order chi connectivity index (χ1) is 10.5. The van der Waals surface area contributed by atoms with Gasteiger partial charge in [-0.15, -0.1) is 11.3 Å². The second-order valence-electron chi connectivity index (χ2n) is 6.62. The Bertz CT molecular complexity index is 647. The summed E-state index contributed by atoms with van der Waals surface area (Å²) in [6.07, 6.45) is 0.308. The van der Waals surface area contributed by atoms with E-state index >= 15 is 0 Å². The van der Waals surface area contributed by atoms with E-state index in [1.807, 2.05) is 26.0 Å². The van der Waals surface area contributed by atoms with Crippen molar-refractivity contribution in [1.82, 2.24) is 10.2 Å². The number of benzene rings is 1. The van der Waals surface area contributed by atoms with Crippen LogP contribution in [0.5, 0.6) is 0 Å². The highest BCUT2D eigenvalue weighted by atomic mass is 32.1. The predicted molar refractivity (Wildman–Crippen MR) is 90.0 cm³/mol. The molecule has 1 aromatic heterocycles. The zero-order valence-electron chi connectivity index (χ0n) is 13.0. The molecule has 0 saturated carbocycles. The lowest BCUT2D eigenvalue weighted by molar-refractivity contribution is -0.0114. The molecule has 1 aromatic carbocycles. The van der Waals surface area contributed by atoms with Gasteiger partial charge in [0.1, 0.15) is 0 Å². The van der Waals surface area contributed by atoms with Gasteiger partial charge in [0.15, 0.2) is 0 Å². The number of rotatable bonds is 2. The molecular formula is C17H22N2O2S. The highest BCUT2D eigenvalue weighted by Crippen LogP contribution is 2.29. The Hall–Kier alpha value is -1.59. The minimum Gasteiger partial charge on any atom is -0.392 e. The van der Waals surface area contributed by atoms with Crippen LogP contribution in [0.1, 0.15) is 25.1 Å². The van der Waals surface area contributed by atoms with E-state index in [4.69, 9.17) is 0 Å². The first-order valence-electron chi connectivity index (χ1n) is 7.64. The Morgan fingerprint density at radius 1 is 1.45 bits per heavy atom. The number of hydrogen-bond donors (Lipinski definition) is 2. The minimum absolute atomic E-state index is 0.0440. The fourth-order valence-electron chi connectivity index (χ4n) is 2.92. The van der Waals surface area contributed by atoms with Crippen LogP contribution < -0.4 is 5.32 Å². The van der Waals surface area contributed by atoms with Crippen molar-refractivity contribution in [3.63, 3.8) is 0 Å². The van der Waals surface area contributed by atoms with Crippen LogP contribution in [0.3, 0.4) is 0 Å². The van der Waals surface area contributed by atoms with Gasteiger partial charge in [0, 0.05) is 28.1 Å². The molecule has 118 valence electrons. The number of hydrogen-bond acceptors (Lipinski definition) is 3. The summed E-state index contributed by atoms with van der Waals surface area (Å²) in [6, 6.07) is 10.3. The van der Waals surface area contributed by atoms with Crippen LogP contribution in [0.4, 0.5) is 4.79 Å².